The van der Waals surface area contributed by atoms with E-state index in [2.05, 4.69) is 20.4 Å². The van der Waals surface area contributed by atoms with Crippen LogP contribution in [0.1, 0.15) is 5.69 Å². The first-order chi connectivity index (χ1) is 7.88. The second-order valence-corrected chi connectivity index (χ2v) is 3.42. The summed E-state index contributed by atoms with van der Waals surface area (Å²) < 4.78 is 6.83. The lowest BCUT2D eigenvalue weighted by Crippen LogP contribution is -2.04. The molecule has 2 aromatic heterocycles. The maximum Gasteiger partial charge on any atom is 0.0922 e. The fourth-order valence-corrected chi connectivity index (χ4v) is 1.34. The van der Waals surface area contributed by atoms with Gasteiger partial charge in [0.05, 0.1) is 43.6 Å². The zero-order chi connectivity index (χ0) is 11.2. The molecule has 0 aliphatic carbocycles. The van der Waals surface area contributed by atoms with Crippen LogP contribution in [0.2, 0.25) is 0 Å². The number of methoxy groups -OCH3 is 1. The number of hydrogen-bond acceptors (Lipinski definition) is 4. The summed E-state index contributed by atoms with van der Waals surface area (Å²) in [5.74, 6) is 0. The van der Waals surface area contributed by atoms with Crippen molar-refractivity contribution in [3.05, 3.63) is 30.6 Å². The average molecular weight is 221 g/mol. The molecule has 0 amide bonds. The molecule has 0 saturated heterocycles. The molecule has 6 heteroatoms. The first-order valence-electron chi connectivity index (χ1n) is 5.11. The number of aromatic amines is 1. The standard InChI is InChI=1S/C10H15N5O/c1-16-3-2-15-7-10(6-14-15)12-5-9-4-11-8-13-9/h4,6-8,12H,2-3,5H2,1H3,(H,11,13). The Balaban J connectivity index is 1.83. The second kappa shape index (κ2) is 5.32. The Morgan fingerprint density at radius 3 is 3.19 bits per heavy atom. The molecule has 0 spiro atoms. The average Bonchev–Trinajstić information content (AvgIpc) is 2.95. The number of H-pyrrole nitrogens is 1. The van der Waals surface area contributed by atoms with Crippen molar-refractivity contribution in [1.29, 1.82) is 0 Å². The van der Waals surface area contributed by atoms with E-state index in [1.165, 1.54) is 0 Å². The highest BCUT2D eigenvalue weighted by Crippen LogP contribution is 2.06. The third-order valence-corrected chi connectivity index (χ3v) is 2.20. The summed E-state index contributed by atoms with van der Waals surface area (Å²) in [4.78, 5) is 6.97. The first-order valence-corrected chi connectivity index (χ1v) is 5.11. The summed E-state index contributed by atoms with van der Waals surface area (Å²) in [6.07, 6.45) is 7.21. The highest BCUT2D eigenvalue weighted by molar-refractivity contribution is 5.38. The van der Waals surface area contributed by atoms with Gasteiger partial charge >= 0.3 is 0 Å². The highest BCUT2D eigenvalue weighted by atomic mass is 16.5. The monoisotopic (exact) mass is 221 g/mol. The maximum absolute atomic E-state index is 4.98. The molecule has 0 saturated carbocycles. The van der Waals surface area contributed by atoms with Crippen LogP contribution in [0.4, 0.5) is 5.69 Å². The van der Waals surface area contributed by atoms with E-state index >= 15 is 0 Å². The summed E-state index contributed by atoms with van der Waals surface area (Å²) in [5.41, 5.74) is 2.04. The number of anilines is 1. The molecule has 6 nitrogen and oxygen atoms in total. The van der Waals surface area contributed by atoms with E-state index in [1.54, 1.807) is 25.8 Å². The van der Waals surface area contributed by atoms with Gasteiger partial charge in [0.15, 0.2) is 0 Å². The molecule has 86 valence electrons. The lowest BCUT2D eigenvalue weighted by atomic mass is 10.4. The zero-order valence-corrected chi connectivity index (χ0v) is 9.18. The summed E-state index contributed by atoms with van der Waals surface area (Å²) in [5, 5.41) is 7.45. The fourth-order valence-electron chi connectivity index (χ4n) is 1.34. The molecule has 0 aliphatic rings. The Morgan fingerprint density at radius 2 is 2.44 bits per heavy atom. The predicted molar refractivity (Wildman–Crippen MR) is 60.0 cm³/mol. The van der Waals surface area contributed by atoms with Crippen LogP contribution in [0.25, 0.3) is 0 Å². The maximum atomic E-state index is 4.98. The van der Waals surface area contributed by atoms with Crippen molar-refractivity contribution in [1.82, 2.24) is 19.7 Å². The van der Waals surface area contributed by atoms with Gasteiger partial charge in [-0.1, -0.05) is 0 Å². The topological polar surface area (TPSA) is 67.8 Å². The zero-order valence-electron chi connectivity index (χ0n) is 9.18. The van der Waals surface area contributed by atoms with E-state index in [-0.39, 0.29) is 0 Å². The van der Waals surface area contributed by atoms with Gasteiger partial charge in [-0.3, -0.25) is 4.68 Å². The SMILES string of the molecule is COCCn1cc(NCc2cnc[nH]2)cn1. The van der Waals surface area contributed by atoms with Crippen molar-refractivity contribution >= 4 is 5.69 Å². The molecule has 2 N–H and O–H groups in total. The van der Waals surface area contributed by atoms with Gasteiger partial charge in [0.25, 0.3) is 0 Å². The molecular formula is C10H15N5O. The van der Waals surface area contributed by atoms with Crippen molar-refractivity contribution in [3.8, 4) is 0 Å². The molecule has 2 aromatic rings. The molecule has 0 unspecified atom stereocenters. The molecule has 0 fully saturated rings. The van der Waals surface area contributed by atoms with E-state index < -0.39 is 0 Å². The van der Waals surface area contributed by atoms with Gasteiger partial charge in [0, 0.05) is 19.5 Å². The minimum Gasteiger partial charge on any atom is -0.383 e. The molecule has 2 heterocycles. The van der Waals surface area contributed by atoms with Gasteiger partial charge in [-0.2, -0.15) is 5.10 Å². The van der Waals surface area contributed by atoms with Crippen LogP contribution in [0.3, 0.4) is 0 Å². The number of nitrogens with zero attached hydrogens (tertiary/aromatic N) is 3. The number of rotatable bonds is 6. The molecule has 16 heavy (non-hydrogen) atoms. The Kier molecular flexibility index (Phi) is 3.55. The minimum atomic E-state index is 0.668. The van der Waals surface area contributed by atoms with Crippen LogP contribution >= 0.6 is 0 Å². The molecule has 0 atom stereocenters. The Labute approximate surface area is 93.6 Å². The number of nitrogens with one attached hydrogen (secondary N) is 2. The normalized spacial score (nSPS) is 10.6. The van der Waals surface area contributed by atoms with Crippen LogP contribution in [0, 0.1) is 0 Å². The molecule has 0 bridgehead atoms. The fraction of sp³-hybridized carbons (Fsp3) is 0.400. The largest absolute Gasteiger partial charge is 0.383 e. The summed E-state index contributed by atoms with van der Waals surface area (Å²) >= 11 is 0. The van der Waals surface area contributed by atoms with Crippen molar-refractivity contribution < 1.29 is 4.74 Å². The summed E-state index contributed by atoms with van der Waals surface area (Å²) in [7, 11) is 1.68. The summed E-state index contributed by atoms with van der Waals surface area (Å²) in [6.45, 7) is 2.15. The van der Waals surface area contributed by atoms with E-state index in [9.17, 15) is 0 Å². The minimum absolute atomic E-state index is 0.668. The van der Waals surface area contributed by atoms with Crippen molar-refractivity contribution in [2.24, 2.45) is 0 Å². The molecular weight excluding hydrogens is 206 g/mol. The van der Waals surface area contributed by atoms with Gasteiger partial charge in [0.1, 0.15) is 0 Å². The number of ether oxygens (including phenoxy) is 1. The Hall–Kier alpha value is -1.82. The first kappa shape index (κ1) is 10.7. The number of hydrogen-bond donors (Lipinski definition) is 2. The van der Waals surface area contributed by atoms with Crippen molar-refractivity contribution in [2.45, 2.75) is 13.1 Å². The van der Waals surface area contributed by atoms with Crippen LogP contribution in [-0.4, -0.2) is 33.5 Å². The van der Waals surface area contributed by atoms with Gasteiger partial charge in [0.2, 0.25) is 0 Å². The van der Waals surface area contributed by atoms with Gasteiger partial charge in [-0.25, -0.2) is 4.98 Å². The second-order valence-electron chi connectivity index (χ2n) is 3.42. The number of imidazole rings is 1. The summed E-state index contributed by atoms with van der Waals surface area (Å²) in [6, 6.07) is 0. The van der Waals surface area contributed by atoms with E-state index in [4.69, 9.17) is 4.74 Å². The van der Waals surface area contributed by atoms with Crippen LogP contribution in [0.5, 0.6) is 0 Å². The Bertz CT molecular complexity index is 409. The van der Waals surface area contributed by atoms with Crippen LogP contribution < -0.4 is 5.32 Å². The number of aromatic nitrogens is 4. The quantitative estimate of drug-likeness (QED) is 0.759. The molecule has 0 aliphatic heterocycles. The molecule has 0 radical (unpaired) electrons. The highest BCUT2D eigenvalue weighted by Gasteiger charge is 1.98. The van der Waals surface area contributed by atoms with E-state index in [0.29, 0.717) is 6.61 Å². The lowest BCUT2D eigenvalue weighted by molar-refractivity contribution is 0.183. The molecule has 2 rings (SSSR count). The smallest absolute Gasteiger partial charge is 0.0922 e. The van der Waals surface area contributed by atoms with Gasteiger partial charge in [-0.05, 0) is 0 Å². The van der Waals surface area contributed by atoms with Crippen molar-refractivity contribution in [2.75, 3.05) is 19.0 Å². The third kappa shape index (κ3) is 2.83. The Morgan fingerprint density at radius 1 is 1.50 bits per heavy atom. The van der Waals surface area contributed by atoms with E-state index in [0.717, 1.165) is 24.5 Å². The van der Waals surface area contributed by atoms with Crippen LogP contribution in [0.15, 0.2) is 24.9 Å². The predicted octanol–water partition coefficient (Wildman–Crippen LogP) is 0.865. The third-order valence-electron chi connectivity index (χ3n) is 2.20. The molecule has 0 aromatic carbocycles. The lowest BCUT2D eigenvalue weighted by Gasteiger charge is -2.00. The van der Waals surface area contributed by atoms with Gasteiger partial charge < -0.3 is 15.0 Å². The van der Waals surface area contributed by atoms with E-state index in [1.807, 2.05) is 10.9 Å². The van der Waals surface area contributed by atoms with Gasteiger partial charge in [-0.15, -0.1) is 0 Å². The van der Waals surface area contributed by atoms with Crippen LogP contribution in [-0.2, 0) is 17.8 Å². The van der Waals surface area contributed by atoms with Crippen molar-refractivity contribution in [3.63, 3.8) is 0 Å².